The molecule has 0 aliphatic carbocycles. The summed E-state index contributed by atoms with van der Waals surface area (Å²) in [5.41, 5.74) is 3.92. The Balaban J connectivity index is 1.23. The summed E-state index contributed by atoms with van der Waals surface area (Å²) in [6, 6.07) is 17.9. The minimum Gasteiger partial charge on any atom is -0.456 e. The fraction of sp³-hybridized carbons (Fsp3) is 0.357. The molecule has 2 aliphatic heterocycles. The number of aromatic amines is 1. The number of H-pyrrole nitrogens is 1. The zero-order valence-corrected chi connectivity index (χ0v) is 21.5. The van der Waals surface area contributed by atoms with Crippen LogP contribution in [0.4, 0.5) is 0 Å². The number of pyridine rings is 1. The van der Waals surface area contributed by atoms with E-state index in [4.69, 9.17) is 25.8 Å². The number of aliphatic hydroxyl groups excluding tert-OH is 1. The van der Waals surface area contributed by atoms with Gasteiger partial charge >= 0.3 is 0 Å². The summed E-state index contributed by atoms with van der Waals surface area (Å²) in [6.45, 7) is 5.88. The van der Waals surface area contributed by atoms with Crippen LogP contribution in [0.2, 0.25) is 5.02 Å². The van der Waals surface area contributed by atoms with E-state index in [-0.39, 0.29) is 12.7 Å². The van der Waals surface area contributed by atoms with Gasteiger partial charge < -0.3 is 29.4 Å². The Bertz CT molecular complexity index is 1450. The molecule has 4 atom stereocenters. The molecule has 2 aromatic carbocycles. The normalized spacial score (nSPS) is 25.5. The highest BCUT2D eigenvalue weighted by molar-refractivity contribution is 6.33. The number of fused-ring (bicyclic) bond motifs is 2. The first-order valence-electron chi connectivity index (χ1n) is 12.2. The van der Waals surface area contributed by atoms with Crippen molar-refractivity contribution in [1.29, 1.82) is 0 Å². The number of nitrogens with zero attached hydrogens (tertiary/aromatic N) is 2. The second-order valence-electron chi connectivity index (χ2n) is 10.4. The molecule has 0 radical (unpaired) electrons. The summed E-state index contributed by atoms with van der Waals surface area (Å²) in [5.74, 6) is 0. The van der Waals surface area contributed by atoms with Gasteiger partial charge in [-0.05, 0) is 43.5 Å². The maximum Gasteiger partial charge on any atom is 0.296 e. The van der Waals surface area contributed by atoms with Crippen LogP contribution in [0.15, 0.2) is 54.6 Å². The SMILES string of the molecule is CC(C)(O)c1ccc(-c2ccc(-c3nc4nc(OC5CO[C@]6(C)C5OC[C@H]6O)[nH]c4cc3Cl)cc2)cc1. The Morgan fingerprint density at radius 1 is 1.03 bits per heavy atom. The maximum absolute atomic E-state index is 10.2. The van der Waals surface area contributed by atoms with E-state index < -0.39 is 23.4 Å². The molecule has 2 unspecified atom stereocenters. The summed E-state index contributed by atoms with van der Waals surface area (Å²) < 4.78 is 17.6. The van der Waals surface area contributed by atoms with E-state index in [1.54, 1.807) is 19.9 Å². The number of halogens is 1. The van der Waals surface area contributed by atoms with Crippen molar-refractivity contribution in [3.8, 4) is 28.4 Å². The van der Waals surface area contributed by atoms with Gasteiger partial charge in [-0.15, -0.1) is 0 Å². The lowest BCUT2D eigenvalue weighted by Crippen LogP contribution is -2.45. The fourth-order valence-corrected chi connectivity index (χ4v) is 5.26. The highest BCUT2D eigenvalue weighted by Gasteiger charge is 2.58. The molecule has 0 bridgehead atoms. The van der Waals surface area contributed by atoms with Crippen LogP contribution >= 0.6 is 11.6 Å². The van der Waals surface area contributed by atoms with Crippen molar-refractivity contribution in [2.24, 2.45) is 0 Å². The summed E-state index contributed by atoms with van der Waals surface area (Å²) in [4.78, 5) is 12.3. The molecule has 3 N–H and O–H groups in total. The van der Waals surface area contributed by atoms with Gasteiger partial charge in [-0.25, -0.2) is 4.98 Å². The first-order chi connectivity index (χ1) is 17.6. The molecule has 0 spiro atoms. The predicted octanol–water partition coefficient (Wildman–Crippen LogP) is 4.47. The third-order valence-electron chi connectivity index (χ3n) is 7.31. The third kappa shape index (κ3) is 4.28. The number of imidazole rings is 1. The van der Waals surface area contributed by atoms with Crippen molar-refractivity contribution < 1.29 is 24.4 Å². The van der Waals surface area contributed by atoms with Crippen molar-refractivity contribution in [1.82, 2.24) is 15.0 Å². The van der Waals surface area contributed by atoms with Crippen molar-refractivity contribution in [2.45, 2.75) is 50.3 Å². The number of rotatable bonds is 5. The fourth-order valence-electron chi connectivity index (χ4n) is 5.00. The summed E-state index contributed by atoms with van der Waals surface area (Å²) >= 11 is 6.60. The molecule has 2 aliphatic rings. The van der Waals surface area contributed by atoms with Gasteiger partial charge in [-0.3, -0.25) is 0 Å². The molecule has 4 heterocycles. The maximum atomic E-state index is 10.2. The van der Waals surface area contributed by atoms with E-state index in [2.05, 4.69) is 15.0 Å². The Morgan fingerprint density at radius 3 is 2.35 bits per heavy atom. The van der Waals surface area contributed by atoms with Gasteiger partial charge in [0.1, 0.15) is 17.8 Å². The van der Waals surface area contributed by atoms with Gasteiger partial charge in [0.05, 0.1) is 35.0 Å². The smallest absolute Gasteiger partial charge is 0.296 e. The number of aliphatic hydroxyl groups is 2. The number of benzene rings is 2. The number of nitrogens with one attached hydrogen (secondary N) is 1. The lowest BCUT2D eigenvalue weighted by atomic mass is 9.95. The minimum absolute atomic E-state index is 0.215. The second kappa shape index (κ2) is 8.79. The van der Waals surface area contributed by atoms with Crippen LogP contribution in [0, 0.1) is 0 Å². The van der Waals surface area contributed by atoms with Crippen LogP contribution in [0.5, 0.6) is 6.01 Å². The molecular formula is C28H28ClN3O5. The first-order valence-corrected chi connectivity index (χ1v) is 12.6. The molecule has 6 rings (SSSR count). The Labute approximate surface area is 219 Å². The van der Waals surface area contributed by atoms with Crippen LogP contribution in [0.1, 0.15) is 26.3 Å². The molecule has 9 heteroatoms. The third-order valence-corrected chi connectivity index (χ3v) is 7.60. The Kier molecular flexibility index (Phi) is 5.78. The lowest BCUT2D eigenvalue weighted by Gasteiger charge is -2.25. The first kappa shape index (κ1) is 24.3. The second-order valence-corrected chi connectivity index (χ2v) is 10.8. The molecule has 37 heavy (non-hydrogen) atoms. The number of hydrogen-bond acceptors (Lipinski definition) is 7. The average Bonchev–Trinajstić information content (AvgIpc) is 3.51. The van der Waals surface area contributed by atoms with E-state index in [0.717, 1.165) is 22.3 Å². The van der Waals surface area contributed by atoms with E-state index in [1.165, 1.54) is 0 Å². The van der Waals surface area contributed by atoms with Crippen LogP contribution in [-0.4, -0.2) is 62.3 Å². The summed E-state index contributed by atoms with van der Waals surface area (Å²) in [5, 5.41) is 20.9. The van der Waals surface area contributed by atoms with Crippen molar-refractivity contribution in [2.75, 3.05) is 13.2 Å². The van der Waals surface area contributed by atoms with Crippen molar-refractivity contribution in [3.63, 3.8) is 0 Å². The molecule has 2 aromatic heterocycles. The number of hydrogen-bond donors (Lipinski definition) is 3. The molecule has 8 nitrogen and oxygen atoms in total. The predicted molar refractivity (Wildman–Crippen MR) is 140 cm³/mol. The van der Waals surface area contributed by atoms with Crippen LogP contribution in [-0.2, 0) is 15.1 Å². The monoisotopic (exact) mass is 521 g/mol. The number of ether oxygens (including phenoxy) is 3. The average molecular weight is 522 g/mol. The standard InChI is InChI=1S/C28H28ClN3O5/c1-27(2,34)18-10-8-16(9-11-18)15-4-6-17(7-5-15)23-19(29)12-20-25(31-23)32-26(30-20)37-21-13-36-28(3)22(33)14-35-24(21)28/h4-12,21-22,24,33-34H,13-14H2,1-3H3,(H,30,31,32)/t21?,22-,24?,28+/m1/s1. The molecule has 0 amide bonds. The van der Waals surface area contributed by atoms with Crippen LogP contribution in [0.3, 0.4) is 0 Å². The van der Waals surface area contributed by atoms with Gasteiger partial charge in [0.2, 0.25) is 0 Å². The number of aromatic nitrogens is 3. The molecule has 2 fully saturated rings. The zero-order valence-electron chi connectivity index (χ0n) is 20.7. The molecule has 4 aromatic rings. The Hall–Kier alpha value is -3.01. The largest absolute Gasteiger partial charge is 0.456 e. The van der Waals surface area contributed by atoms with E-state index in [9.17, 15) is 10.2 Å². The van der Waals surface area contributed by atoms with E-state index in [1.807, 2.05) is 55.5 Å². The Morgan fingerprint density at radius 2 is 1.68 bits per heavy atom. The van der Waals surface area contributed by atoms with Crippen molar-refractivity contribution in [3.05, 3.63) is 65.2 Å². The van der Waals surface area contributed by atoms with Crippen molar-refractivity contribution >= 4 is 22.8 Å². The van der Waals surface area contributed by atoms with Gasteiger partial charge in [0, 0.05) is 5.56 Å². The topological polar surface area (TPSA) is 110 Å². The molecule has 2 saturated heterocycles. The van der Waals surface area contributed by atoms with Gasteiger partial charge in [0.25, 0.3) is 6.01 Å². The summed E-state index contributed by atoms with van der Waals surface area (Å²) in [7, 11) is 0. The molecule has 0 saturated carbocycles. The summed E-state index contributed by atoms with van der Waals surface area (Å²) in [6.07, 6.45) is -1.47. The zero-order chi connectivity index (χ0) is 25.9. The van der Waals surface area contributed by atoms with Gasteiger partial charge in [-0.1, -0.05) is 60.1 Å². The minimum atomic E-state index is -0.876. The van der Waals surface area contributed by atoms with Gasteiger partial charge in [-0.2, -0.15) is 4.98 Å². The highest BCUT2D eigenvalue weighted by Crippen LogP contribution is 2.39. The van der Waals surface area contributed by atoms with Crippen LogP contribution < -0.4 is 4.74 Å². The van der Waals surface area contributed by atoms with E-state index in [0.29, 0.717) is 34.5 Å². The molecular weight excluding hydrogens is 494 g/mol. The molecule has 192 valence electrons. The lowest BCUT2D eigenvalue weighted by molar-refractivity contribution is -0.0621. The van der Waals surface area contributed by atoms with E-state index >= 15 is 0 Å². The van der Waals surface area contributed by atoms with Gasteiger partial charge in [0.15, 0.2) is 11.8 Å². The van der Waals surface area contributed by atoms with Crippen LogP contribution in [0.25, 0.3) is 33.5 Å². The highest BCUT2D eigenvalue weighted by atomic mass is 35.5. The quantitative estimate of drug-likeness (QED) is 0.355.